The molecule has 2 aliphatic heterocycles. The van der Waals surface area contributed by atoms with Gasteiger partial charge in [-0.05, 0) is 25.9 Å². The zero-order chi connectivity index (χ0) is 11.8. The van der Waals surface area contributed by atoms with Crippen LogP contribution < -0.4 is 10.6 Å². The third kappa shape index (κ3) is 1.73. The lowest BCUT2D eigenvalue weighted by Gasteiger charge is -2.24. The van der Waals surface area contributed by atoms with E-state index in [0.29, 0.717) is 12.6 Å². The van der Waals surface area contributed by atoms with Gasteiger partial charge in [0.05, 0.1) is 11.7 Å². The first-order chi connectivity index (χ1) is 8.27. The predicted octanol–water partition coefficient (Wildman–Crippen LogP) is 0.109. The number of rotatable bonds is 2. The molecule has 0 aromatic carbocycles. The number of piperidine rings is 1. The third-order valence-corrected chi connectivity index (χ3v) is 3.57. The molecular weight excluding hydrogens is 220 g/mol. The minimum atomic E-state index is -0.919. The summed E-state index contributed by atoms with van der Waals surface area (Å²) in [6.45, 7) is 3.33. The Labute approximate surface area is 99.0 Å². The van der Waals surface area contributed by atoms with Gasteiger partial charge in [-0.1, -0.05) is 0 Å². The van der Waals surface area contributed by atoms with Crippen LogP contribution in [0.5, 0.6) is 0 Å². The summed E-state index contributed by atoms with van der Waals surface area (Å²) in [5, 5.41) is 20.0. The van der Waals surface area contributed by atoms with E-state index in [-0.39, 0.29) is 5.69 Å². The van der Waals surface area contributed by atoms with Crippen molar-refractivity contribution in [2.45, 2.75) is 32.0 Å². The van der Waals surface area contributed by atoms with E-state index in [4.69, 9.17) is 5.11 Å². The van der Waals surface area contributed by atoms with Crippen molar-refractivity contribution in [2.75, 3.05) is 13.1 Å². The molecule has 0 spiro atoms. The summed E-state index contributed by atoms with van der Waals surface area (Å²) in [7, 11) is 0. The number of aromatic carboxylic acids is 1. The molecule has 1 aromatic rings. The van der Waals surface area contributed by atoms with E-state index in [1.165, 1.54) is 0 Å². The number of carboxylic acids is 1. The number of hydrogen-bond acceptors (Lipinski definition) is 4. The highest BCUT2D eigenvalue weighted by molar-refractivity contribution is 5.87. The lowest BCUT2D eigenvalue weighted by Crippen LogP contribution is -2.30. The minimum absolute atomic E-state index is 0.225. The smallest absolute Gasteiger partial charge is 0.356 e. The average Bonchev–Trinajstić information content (AvgIpc) is 2.90. The Balaban J connectivity index is 1.99. The molecule has 92 valence electrons. The summed E-state index contributed by atoms with van der Waals surface area (Å²) in [4.78, 5) is 11.1. The number of hydrogen-bond donors (Lipinski definition) is 3. The number of carbonyl (C=O) groups is 1. The maximum absolute atomic E-state index is 11.1. The summed E-state index contributed by atoms with van der Waals surface area (Å²) in [5.41, 5.74) is 2.16. The van der Waals surface area contributed by atoms with Crippen LogP contribution in [0, 0.1) is 0 Å². The number of nitrogens with one attached hydrogen (secondary N) is 2. The van der Waals surface area contributed by atoms with Crippen LogP contribution in [0.4, 0.5) is 0 Å². The molecule has 0 bridgehead atoms. The lowest BCUT2D eigenvalue weighted by atomic mass is 10.1. The molecule has 0 saturated carbocycles. The summed E-state index contributed by atoms with van der Waals surface area (Å²) in [5.74, 6) is -0.919. The maximum Gasteiger partial charge on any atom is 0.356 e. The number of nitrogens with zero attached hydrogens (tertiary/aromatic N) is 2. The van der Waals surface area contributed by atoms with Crippen molar-refractivity contribution in [1.29, 1.82) is 0 Å². The monoisotopic (exact) mass is 236 g/mol. The second-order valence-corrected chi connectivity index (χ2v) is 4.61. The minimum Gasteiger partial charge on any atom is -0.476 e. The first kappa shape index (κ1) is 10.7. The number of carboxylic acid groups (broad SMARTS) is 1. The topological polar surface area (TPSA) is 79.2 Å². The molecule has 0 atom stereocenters. The van der Waals surface area contributed by atoms with Gasteiger partial charge in [-0.25, -0.2) is 4.79 Å². The van der Waals surface area contributed by atoms with Crippen molar-refractivity contribution in [2.24, 2.45) is 0 Å². The van der Waals surface area contributed by atoms with Crippen molar-refractivity contribution in [3.8, 4) is 0 Å². The van der Waals surface area contributed by atoms with Gasteiger partial charge in [0.1, 0.15) is 0 Å². The Bertz CT molecular complexity index is 449. The Kier molecular flexibility index (Phi) is 2.60. The third-order valence-electron chi connectivity index (χ3n) is 3.57. The fourth-order valence-corrected chi connectivity index (χ4v) is 2.71. The van der Waals surface area contributed by atoms with Gasteiger partial charge in [0.25, 0.3) is 0 Å². The molecule has 3 heterocycles. The average molecular weight is 236 g/mol. The van der Waals surface area contributed by atoms with E-state index < -0.39 is 5.97 Å². The van der Waals surface area contributed by atoms with E-state index in [0.717, 1.165) is 43.7 Å². The SMILES string of the molecule is O=C(O)c1nn(C2CCNCC2)c2c1CNC2. The van der Waals surface area contributed by atoms with Crippen LogP contribution >= 0.6 is 0 Å². The first-order valence-electron chi connectivity index (χ1n) is 6.02. The molecule has 0 unspecified atom stereocenters. The van der Waals surface area contributed by atoms with Crippen LogP contribution in [0.15, 0.2) is 0 Å². The van der Waals surface area contributed by atoms with Gasteiger partial charge in [-0.3, -0.25) is 4.68 Å². The van der Waals surface area contributed by atoms with Crippen molar-refractivity contribution in [1.82, 2.24) is 20.4 Å². The molecule has 3 N–H and O–H groups in total. The van der Waals surface area contributed by atoms with Crippen molar-refractivity contribution in [3.63, 3.8) is 0 Å². The zero-order valence-corrected chi connectivity index (χ0v) is 9.57. The van der Waals surface area contributed by atoms with E-state index in [1.807, 2.05) is 4.68 Å². The number of aromatic nitrogens is 2. The molecule has 2 aliphatic rings. The van der Waals surface area contributed by atoms with Crippen LogP contribution in [0.3, 0.4) is 0 Å². The van der Waals surface area contributed by atoms with Crippen LogP contribution in [0.1, 0.15) is 40.6 Å². The highest BCUT2D eigenvalue weighted by atomic mass is 16.4. The molecule has 3 rings (SSSR count). The Hall–Kier alpha value is -1.40. The Morgan fingerprint density at radius 2 is 2.06 bits per heavy atom. The van der Waals surface area contributed by atoms with Crippen molar-refractivity contribution >= 4 is 5.97 Å². The van der Waals surface area contributed by atoms with Gasteiger partial charge in [0.2, 0.25) is 0 Å². The highest BCUT2D eigenvalue weighted by Crippen LogP contribution is 2.26. The Morgan fingerprint density at radius 1 is 1.29 bits per heavy atom. The second kappa shape index (κ2) is 4.12. The van der Waals surface area contributed by atoms with Gasteiger partial charge < -0.3 is 15.7 Å². The molecule has 17 heavy (non-hydrogen) atoms. The lowest BCUT2D eigenvalue weighted by molar-refractivity contribution is 0.0687. The van der Waals surface area contributed by atoms with E-state index in [2.05, 4.69) is 15.7 Å². The normalized spacial score (nSPS) is 20.5. The fourth-order valence-electron chi connectivity index (χ4n) is 2.71. The molecule has 0 aliphatic carbocycles. The standard InChI is InChI=1S/C11H16N4O2/c16-11(17)10-8-5-13-6-9(8)15(14-10)7-1-3-12-4-2-7/h7,12-13H,1-6H2,(H,16,17). The highest BCUT2D eigenvalue weighted by Gasteiger charge is 2.29. The first-order valence-corrected chi connectivity index (χ1v) is 6.02. The van der Waals surface area contributed by atoms with Crippen molar-refractivity contribution < 1.29 is 9.90 Å². The quantitative estimate of drug-likeness (QED) is 0.679. The van der Waals surface area contributed by atoms with Crippen molar-refractivity contribution in [3.05, 3.63) is 17.0 Å². The molecule has 6 nitrogen and oxygen atoms in total. The summed E-state index contributed by atoms with van der Waals surface area (Å²) < 4.78 is 1.94. The predicted molar refractivity (Wildman–Crippen MR) is 60.9 cm³/mol. The van der Waals surface area contributed by atoms with E-state index in [1.54, 1.807) is 0 Å². The molecule has 0 amide bonds. The molecule has 1 fully saturated rings. The number of fused-ring (bicyclic) bond motifs is 1. The van der Waals surface area contributed by atoms with Crippen LogP contribution in [0.2, 0.25) is 0 Å². The van der Waals surface area contributed by atoms with Crippen LogP contribution in [0.25, 0.3) is 0 Å². The van der Waals surface area contributed by atoms with Crippen LogP contribution in [-0.2, 0) is 13.1 Å². The second-order valence-electron chi connectivity index (χ2n) is 4.61. The summed E-state index contributed by atoms with van der Waals surface area (Å²) in [6.07, 6.45) is 2.04. The van der Waals surface area contributed by atoms with E-state index >= 15 is 0 Å². The van der Waals surface area contributed by atoms with Gasteiger partial charge in [0.15, 0.2) is 5.69 Å². The molecule has 0 radical (unpaired) electrons. The van der Waals surface area contributed by atoms with Gasteiger partial charge in [0, 0.05) is 18.7 Å². The van der Waals surface area contributed by atoms with Gasteiger partial charge in [-0.2, -0.15) is 5.10 Å². The zero-order valence-electron chi connectivity index (χ0n) is 9.57. The van der Waals surface area contributed by atoms with Crippen LogP contribution in [-0.4, -0.2) is 33.9 Å². The summed E-state index contributed by atoms with van der Waals surface area (Å²) in [6, 6.07) is 0.345. The molecule has 6 heteroatoms. The van der Waals surface area contributed by atoms with E-state index in [9.17, 15) is 4.79 Å². The molecular formula is C11H16N4O2. The van der Waals surface area contributed by atoms with Gasteiger partial charge in [-0.15, -0.1) is 0 Å². The molecule has 1 aromatic heterocycles. The summed E-state index contributed by atoms with van der Waals surface area (Å²) >= 11 is 0. The van der Waals surface area contributed by atoms with Gasteiger partial charge >= 0.3 is 5.97 Å². The Morgan fingerprint density at radius 3 is 2.76 bits per heavy atom. The molecule has 1 saturated heterocycles. The largest absolute Gasteiger partial charge is 0.476 e. The maximum atomic E-state index is 11.1. The fraction of sp³-hybridized carbons (Fsp3) is 0.636.